The molecule has 4 heteroatoms. The summed E-state index contributed by atoms with van der Waals surface area (Å²) in [6, 6.07) is 5.21. The molecule has 0 aliphatic carbocycles. The predicted molar refractivity (Wildman–Crippen MR) is 69.0 cm³/mol. The lowest BCUT2D eigenvalue weighted by Crippen LogP contribution is -2.31. The lowest BCUT2D eigenvalue weighted by Gasteiger charge is -2.19. The molecule has 0 heterocycles. The van der Waals surface area contributed by atoms with Crippen molar-refractivity contribution in [2.24, 2.45) is 0 Å². The first kappa shape index (κ1) is 12.6. The van der Waals surface area contributed by atoms with Crippen molar-refractivity contribution in [1.29, 1.82) is 0 Å². The van der Waals surface area contributed by atoms with E-state index in [0.717, 1.165) is 0 Å². The third kappa shape index (κ3) is 2.56. The molecular weight excluding hydrogens is 268 g/mol. The predicted octanol–water partition coefficient (Wildman–Crippen LogP) is 2.13. The van der Waals surface area contributed by atoms with Gasteiger partial charge in [-0.1, -0.05) is 12.0 Å². The van der Waals surface area contributed by atoms with Gasteiger partial charge in [0.1, 0.15) is 0 Å². The Labute approximate surface area is 104 Å². The van der Waals surface area contributed by atoms with Crippen LogP contribution in [0.2, 0.25) is 0 Å². The molecule has 3 nitrogen and oxygen atoms in total. The fraction of sp³-hybridized carbons (Fsp3) is 0.250. The second-order valence-electron chi connectivity index (χ2n) is 3.23. The van der Waals surface area contributed by atoms with E-state index in [0.29, 0.717) is 28.8 Å². The van der Waals surface area contributed by atoms with Gasteiger partial charge in [-0.15, -0.1) is 6.42 Å². The zero-order chi connectivity index (χ0) is 12.1. The van der Waals surface area contributed by atoms with Crippen LogP contribution in [-0.2, 0) is 0 Å². The lowest BCUT2D eigenvalue weighted by atomic mass is 10.1. The number of carbonyl (C=O) groups excluding carboxylic acids is 1. The number of hydrogen-bond acceptors (Lipinski definition) is 2. The minimum absolute atomic E-state index is 0.111. The fourth-order valence-corrected chi connectivity index (χ4v) is 1.76. The molecule has 1 rings (SSSR count). The number of terminal acetylenes is 1. The van der Waals surface area contributed by atoms with Gasteiger partial charge in [0.15, 0.2) is 0 Å². The lowest BCUT2D eigenvalue weighted by molar-refractivity contribution is 0.0784. The Bertz CT molecular complexity index is 437. The summed E-state index contributed by atoms with van der Waals surface area (Å²) in [6.45, 7) is 2.76. The topological polar surface area (TPSA) is 46.3 Å². The number of nitrogen functional groups attached to an aromatic ring is 1. The molecule has 0 unspecified atom stereocenters. The molecule has 0 bridgehead atoms. The average Bonchev–Trinajstić information content (AvgIpc) is 2.29. The summed E-state index contributed by atoms with van der Waals surface area (Å²) in [5.74, 6) is 2.35. The minimum atomic E-state index is -0.111. The summed E-state index contributed by atoms with van der Waals surface area (Å²) < 4.78 is 0.621. The quantitative estimate of drug-likeness (QED) is 0.681. The molecule has 0 saturated heterocycles. The highest BCUT2D eigenvalue weighted by molar-refractivity contribution is 9.10. The summed E-state index contributed by atoms with van der Waals surface area (Å²) >= 11 is 3.31. The van der Waals surface area contributed by atoms with Gasteiger partial charge < -0.3 is 10.6 Å². The molecule has 0 aliphatic rings. The Kier molecular flexibility index (Phi) is 4.39. The molecule has 16 heavy (non-hydrogen) atoms. The van der Waals surface area contributed by atoms with Crippen molar-refractivity contribution in [3.63, 3.8) is 0 Å². The van der Waals surface area contributed by atoms with Crippen LogP contribution in [-0.4, -0.2) is 23.9 Å². The minimum Gasteiger partial charge on any atom is -0.398 e. The highest BCUT2D eigenvalue weighted by Gasteiger charge is 2.16. The fourth-order valence-electron chi connectivity index (χ4n) is 1.32. The summed E-state index contributed by atoms with van der Waals surface area (Å²) in [5, 5.41) is 0. The maximum absolute atomic E-state index is 12.1. The van der Waals surface area contributed by atoms with Gasteiger partial charge in [0.25, 0.3) is 5.91 Å². The standard InChI is InChI=1S/C12H13BrN2O/c1-3-8-15(4-2)12(16)9-6-5-7-10(14)11(9)13/h1,5-7H,4,8,14H2,2H3. The smallest absolute Gasteiger partial charge is 0.255 e. The average molecular weight is 281 g/mol. The first-order chi connectivity index (χ1) is 7.61. The van der Waals surface area contributed by atoms with Crippen molar-refractivity contribution >= 4 is 27.5 Å². The third-order valence-corrected chi connectivity index (χ3v) is 3.10. The van der Waals surface area contributed by atoms with Crippen molar-refractivity contribution in [3.05, 3.63) is 28.2 Å². The number of benzene rings is 1. The zero-order valence-corrected chi connectivity index (χ0v) is 10.6. The monoisotopic (exact) mass is 280 g/mol. The second kappa shape index (κ2) is 5.57. The van der Waals surface area contributed by atoms with E-state index in [1.54, 1.807) is 23.1 Å². The largest absolute Gasteiger partial charge is 0.398 e. The summed E-state index contributed by atoms with van der Waals surface area (Å²) in [4.78, 5) is 13.7. The summed E-state index contributed by atoms with van der Waals surface area (Å²) in [7, 11) is 0. The first-order valence-electron chi connectivity index (χ1n) is 4.88. The molecule has 0 spiro atoms. The number of hydrogen-bond donors (Lipinski definition) is 1. The van der Waals surface area contributed by atoms with E-state index >= 15 is 0 Å². The van der Waals surface area contributed by atoms with E-state index < -0.39 is 0 Å². The Balaban J connectivity index is 3.05. The van der Waals surface area contributed by atoms with Gasteiger partial charge in [-0.2, -0.15) is 0 Å². The highest BCUT2D eigenvalue weighted by atomic mass is 79.9. The molecule has 0 aliphatic heterocycles. The molecule has 0 fully saturated rings. The molecule has 1 aromatic carbocycles. The maximum Gasteiger partial charge on any atom is 0.255 e. The zero-order valence-electron chi connectivity index (χ0n) is 9.03. The van der Waals surface area contributed by atoms with Crippen LogP contribution in [0.15, 0.2) is 22.7 Å². The number of nitrogens with zero attached hydrogens (tertiary/aromatic N) is 1. The van der Waals surface area contributed by atoms with Crippen LogP contribution in [0.5, 0.6) is 0 Å². The molecule has 0 radical (unpaired) electrons. The van der Waals surface area contributed by atoms with Crippen LogP contribution < -0.4 is 5.73 Å². The van der Waals surface area contributed by atoms with Crippen LogP contribution in [0.4, 0.5) is 5.69 Å². The van der Waals surface area contributed by atoms with Crippen molar-refractivity contribution in [3.8, 4) is 12.3 Å². The second-order valence-corrected chi connectivity index (χ2v) is 4.03. The van der Waals surface area contributed by atoms with E-state index in [4.69, 9.17) is 12.2 Å². The SMILES string of the molecule is C#CCN(CC)C(=O)c1cccc(N)c1Br. The van der Waals surface area contributed by atoms with Crippen molar-refractivity contribution in [2.75, 3.05) is 18.8 Å². The molecule has 0 saturated carbocycles. The van der Waals surface area contributed by atoms with Crippen LogP contribution in [0.1, 0.15) is 17.3 Å². The molecular formula is C12H13BrN2O. The maximum atomic E-state index is 12.1. The van der Waals surface area contributed by atoms with E-state index in [9.17, 15) is 4.79 Å². The van der Waals surface area contributed by atoms with Crippen LogP contribution in [0.25, 0.3) is 0 Å². The van der Waals surface area contributed by atoms with Gasteiger partial charge in [0.2, 0.25) is 0 Å². The van der Waals surface area contributed by atoms with Crippen LogP contribution in [0.3, 0.4) is 0 Å². The van der Waals surface area contributed by atoms with E-state index in [1.165, 1.54) is 0 Å². The number of carbonyl (C=O) groups is 1. The number of halogens is 1. The number of rotatable bonds is 3. The van der Waals surface area contributed by atoms with Crippen molar-refractivity contribution in [2.45, 2.75) is 6.92 Å². The number of nitrogens with two attached hydrogens (primary N) is 1. The molecule has 2 N–H and O–H groups in total. The highest BCUT2D eigenvalue weighted by Crippen LogP contribution is 2.24. The summed E-state index contributed by atoms with van der Waals surface area (Å²) in [6.07, 6.45) is 5.21. The first-order valence-corrected chi connectivity index (χ1v) is 5.67. The molecule has 0 aromatic heterocycles. The van der Waals surface area contributed by atoms with Gasteiger partial charge in [-0.05, 0) is 35.0 Å². The van der Waals surface area contributed by atoms with E-state index in [-0.39, 0.29) is 5.91 Å². The Morgan fingerprint density at radius 2 is 2.31 bits per heavy atom. The van der Waals surface area contributed by atoms with Crippen molar-refractivity contribution < 1.29 is 4.79 Å². The Hall–Kier alpha value is -1.47. The van der Waals surface area contributed by atoms with Gasteiger partial charge in [0, 0.05) is 12.2 Å². The number of amides is 1. The van der Waals surface area contributed by atoms with Crippen molar-refractivity contribution in [1.82, 2.24) is 4.90 Å². The van der Waals surface area contributed by atoms with Gasteiger partial charge in [0.05, 0.1) is 16.6 Å². The van der Waals surface area contributed by atoms with Gasteiger partial charge in [-0.3, -0.25) is 4.79 Å². The van der Waals surface area contributed by atoms with E-state index in [2.05, 4.69) is 21.9 Å². The molecule has 1 amide bonds. The third-order valence-electron chi connectivity index (χ3n) is 2.21. The summed E-state index contributed by atoms with van der Waals surface area (Å²) in [5.41, 5.74) is 6.80. The Morgan fingerprint density at radius 3 is 2.88 bits per heavy atom. The van der Waals surface area contributed by atoms with Gasteiger partial charge >= 0.3 is 0 Å². The molecule has 84 valence electrons. The van der Waals surface area contributed by atoms with Crippen LogP contribution >= 0.6 is 15.9 Å². The van der Waals surface area contributed by atoms with Crippen LogP contribution in [0, 0.1) is 12.3 Å². The molecule has 0 atom stereocenters. The number of anilines is 1. The van der Waals surface area contributed by atoms with Gasteiger partial charge in [-0.25, -0.2) is 0 Å². The van der Waals surface area contributed by atoms with E-state index in [1.807, 2.05) is 6.92 Å². The molecule has 1 aromatic rings. The normalized spacial score (nSPS) is 9.56. The Morgan fingerprint density at radius 1 is 1.62 bits per heavy atom.